The molecule has 1 unspecified atom stereocenters. The van der Waals surface area contributed by atoms with Crippen LogP contribution in [0, 0.1) is 6.92 Å². The molecule has 0 radical (unpaired) electrons. The van der Waals surface area contributed by atoms with Crippen molar-refractivity contribution in [2.75, 3.05) is 57.1 Å². The maximum Gasteiger partial charge on any atom is 0.417 e. The van der Waals surface area contributed by atoms with Gasteiger partial charge in [0.25, 0.3) is 5.56 Å². The maximum absolute atomic E-state index is 13.4. The van der Waals surface area contributed by atoms with Crippen LogP contribution in [0.1, 0.15) is 40.5 Å². The largest absolute Gasteiger partial charge is 0.417 e. The highest BCUT2D eigenvalue weighted by molar-refractivity contribution is 7.14. The van der Waals surface area contributed by atoms with Crippen molar-refractivity contribution < 1.29 is 24.2 Å². The Morgan fingerprint density at radius 2 is 1.88 bits per heavy atom. The Labute approximate surface area is 289 Å². The van der Waals surface area contributed by atoms with Crippen molar-refractivity contribution in [2.24, 2.45) is 7.05 Å². The summed E-state index contributed by atoms with van der Waals surface area (Å²) in [6.45, 7) is 4.32. The smallest absolute Gasteiger partial charge is 0.399 e. The number of hydrogen-bond donors (Lipinski definition) is 3. The molecule has 2 aromatic heterocycles. The van der Waals surface area contributed by atoms with Gasteiger partial charge in [-0.15, -0.1) is 11.3 Å². The van der Waals surface area contributed by atoms with E-state index in [0.29, 0.717) is 48.4 Å². The van der Waals surface area contributed by atoms with Crippen LogP contribution in [0.2, 0.25) is 0 Å². The highest BCUT2D eigenvalue weighted by Crippen LogP contribution is 2.35. The Bertz CT molecular complexity index is 1840. The Morgan fingerprint density at radius 1 is 1.12 bits per heavy atom. The number of benzene rings is 2. The van der Waals surface area contributed by atoms with E-state index >= 15 is 0 Å². The number of amides is 2. The van der Waals surface area contributed by atoms with Crippen molar-refractivity contribution in [3.63, 3.8) is 0 Å². The van der Waals surface area contributed by atoms with Crippen molar-refractivity contribution in [1.82, 2.24) is 19.4 Å². The lowest BCUT2D eigenvalue weighted by Gasteiger charge is -2.35. The number of morpholine rings is 1. The number of aliphatic hydroxyl groups excluding tert-OH is 1. The second-order valence-corrected chi connectivity index (χ2v) is 13.5. The molecule has 2 aliphatic rings. The first kappa shape index (κ1) is 34.3. The number of aryl methyl sites for hydroxylation is 3. The molecule has 1 aliphatic carbocycles. The van der Waals surface area contributed by atoms with Gasteiger partial charge in [0, 0.05) is 61.7 Å². The van der Waals surface area contributed by atoms with Gasteiger partial charge in [-0.25, -0.2) is 9.78 Å². The fourth-order valence-electron chi connectivity index (χ4n) is 6.31. The van der Waals surface area contributed by atoms with Crippen LogP contribution in [0.15, 0.2) is 59.5 Å². The summed E-state index contributed by atoms with van der Waals surface area (Å²) in [5.41, 5.74) is 5.04. The van der Waals surface area contributed by atoms with E-state index in [1.165, 1.54) is 31.2 Å². The van der Waals surface area contributed by atoms with Gasteiger partial charge in [0.15, 0.2) is 10.9 Å². The number of rotatable bonds is 10. The molecule has 1 saturated heterocycles. The lowest BCUT2D eigenvalue weighted by molar-refractivity contribution is -0.138. The molecular formula is C36H42N6O6S. The summed E-state index contributed by atoms with van der Waals surface area (Å²) in [5, 5.41) is 16.0. The first-order chi connectivity index (χ1) is 23.7. The molecule has 1 atom stereocenters. The number of nitrogens with one attached hydrogen (secondary N) is 2. The van der Waals surface area contributed by atoms with Crippen molar-refractivity contribution in [3.8, 4) is 16.3 Å². The Balaban J connectivity index is 1.20. The summed E-state index contributed by atoms with van der Waals surface area (Å²) in [5.74, 6) is 0.0283. The van der Waals surface area contributed by atoms with E-state index in [4.69, 9.17) is 14.5 Å². The zero-order chi connectivity index (χ0) is 34.5. The number of fused-ring (bicyclic) bond motifs is 1. The number of likely N-dealkylation sites (N-methyl/N-ethyl adjacent to an activating group) is 1. The maximum atomic E-state index is 13.4. The van der Waals surface area contributed by atoms with Crippen LogP contribution in [0.3, 0.4) is 0 Å². The predicted molar refractivity (Wildman–Crippen MR) is 190 cm³/mol. The summed E-state index contributed by atoms with van der Waals surface area (Å²) >= 11 is 1.53. The molecule has 0 spiro atoms. The molecule has 13 heteroatoms. The average molecular weight is 687 g/mol. The van der Waals surface area contributed by atoms with E-state index in [0.717, 1.165) is 42.4 Å². The third-order valence-corrected chi connectivity index (χ3v) is 10.1. The molecule has 3 N–H and O–H groups in total. The van der Waals surface area contributed by atoms with Gasteiger partial charge in [-0.05, 0) is 73.6 Å². The number of aliphatic hydroxyl groups is 1. The van der Waals surface area contributed by atoms with Gasteiger partial charge in [-0.3, -0.25) is 19.8 Å². The molecular weight excluding hydrogens is 644 g/mol. The molecule has 3 heterocycles. The number of hydrogen-bond acceptors (Lipinski definition) is 10. The molecule has 0 saturated carbocycles. The normalized spacial score (nSPS) is 15.3. The van der Waals surface area contributed by atoms with Gasteiger partial charge in [-0.2, -0.15) is 0 Å². The van der Waals surface area contributed by atoms with Crippen molar-refractivity contribution in [2.45, 2.75) is 38.6 Å². The van der Waals surface area contributed by atoms with Gasteiger partial charge in [0.2, 0.25) is 5.91 Å². The molecule has 12 nitrogen and oxygen atoms in total. The predicted octanol–water partition coefficient (Wildman–Crippen LogP) is 4.87. The Hall–Kier alpha value is -4.56. The summed E-state index contributed by atoms with van der Waals surface area (Å²) < 4.78 is 12.6. The number of nitrogens with zero attached hydrogens (tertiary/aromatic N) is 4. The van der Waals surface area contributed by atoms with E-state index < -0.39 is 12.1 Å². The van der Waals surface area contributed by atoms with Crippen molar-refractivity contribution >= 4 is 40.5 Å². The number of carbonyl (C=O) groups excluding carboxylic acids is 2. The van der Waals surface area contributed by atoms with E-state index in [9.17, 15) is 19.5 Å². The minimum atomic E-state index is -0.560. The number of thiophene rings is 1. The Morgan fingerprint density at radius 3 is 2.61 bits per heavy atom. The minimum absolute atomic E-state index is 0.106. The molecule has 1 aliphatic heterocycles. The van der Waals surface area contributed by atoms with Crippen LogP contribution < -0.4 is 20.9 Å². The summed E-state index contributed by atoms with van der Waals surface area (Å²) in [4.78, 5) is 49.1. The molecule has 2 amide bonds. The van der Waals surface area contributed by atoms with E-state index in [1.54, 1.807) is 26.4 Å². The second-order valence-electron chi connectivity index (χ2n) is 12.4. The van der Waals surface area contributed by atoms with E-state index in [-0.39, 0.29) is 30.4 Å². The molecule has 0 bridgehead atoms. The highest BCUT2D eigenvalue weighted by Gasteiger charge is 2.31. The van der Waals surface area contributed by atoms with Crippen LogP contribution in [0.4, 0.5) is 22.0 Å². The second kappa shape index (κ2) is 15.3. The third-order valence-electron chi connectivity index (χ3n) is 9.03. The topological polar surface area (TPSA) is 138 Å². The van der Waals surface area contributed by atoms with Crippen LogP contribution in [-0.2, 0) is 29.4 Å². The molecule has 1 fully saturated rings. The van der Waals surface area contributed by atoms with Crippen molar-refractivity contribution in [1.29, 1.82) is 0 Å². The molecule has 4 aromatic rings. The fraction of sp³-hybridized carbons (Fsp3) is 0.389. The summed E-state index contributed by atoms with van der Waals surface area (Å²) in [6.07, 6.45) is 5.48. The highest BCUT2D eigenvalue weighted by atomic mass is 32.1. The van der Waals surface area contributed by atoms with Crippen LogP contribution >= 0.6 is 11.3 Å². The van der Waals surface area contributed by atoms with Gasteiger partial charge in [0.1, 0.15) is 6.04 Å². The van der Waals surface area contributed by atoms with Crippen LogP contribution in [0.25, 0.3) is 11.3 Å². The van der Waals surface area contributed by atoms with Crippen molar-refractivity contribution in [3.05, 3.63) is 86.6 Å². The number of anilines is 3. The van der Waals surface area contributed by atoms with Gasteiger partial charge in [0.05, 0.1) is 25.5 Å². The molecule has 258 valence electrons. The van der Waals surface area contributed by atoms with Gasteiger partial charge < -0.3 is 29.4 Å². The summed E-state index contributed by atoms with van der Waals surface area (Å²) in [7, 11) is 3.35. The number of carbonyl (C=O) groups is 2. The lowest BCUT2D eigenvalue weighted by Crippen LogP contribution is -2.46. The average Bonchev–Trinajstić information content (AvgIpc) is 3.51. The van der Waals surface area contributed by atoms with E-state index in [1.807, 2.05) is 49.4 Å². The minimum Gasteiger partial charge on any atom is -0.399 e. The van der Waals surface area contributed by atoms with Gasteiger partial charge >= 0.3 is 6.09 Å². The molecule has 49 heavy (non-hydrogen) atoms. The zero-order valence-corrected chi connectivity index (χ0v) is 28.8. The molecule has 2 aromatic carbocycles. The number of aromatic nitrogens is 2. The zero-order valence-electron chi connectivity index (χ0n) is 28.0. The monoisotopic (exact) mass is 686 g/mol. The van der Waals surface area contributed by atoms with Gasteiger partial charge in [-0.1, -0.05) is 24.3 Å². The first-order valence-corrected chi connectivity index (χ1v) is 17.4. The van der Waals surface area contributed by atoms with Crippen LogP contribution in [-0.4, -0.2) is 83.0 Å². The van der Waals surface area contributed by atoms with E-state index in [2.05, 4.69) is 15.5 Å². The first-order valence-electron chi connectivity index (χ1n) is 16.5. The quantitative estimate of drug-likeness (QED) is 0.213. The fourth-order valence-corrected chi connectivity index (χ4v) is 7.41. The standard InChI is InChI=1S/C36H42N6O6S/c1-23-27(8-6-9-28(23)39-36(46)48-31-21-25-7-4-5-10-30(25)49-31)29-22-41(3)35(45)33(38-29)37-26-13-11-24(12-14-26)32(34(44)40(2)15-18-43)42-16-19-47-20-17-42/h6,8-9,11-14,21-22,32,43H,4-5,7,10,15-20H2,1-3H3,(H,37,38)(H,39,46). The SMILES string of the molecule is Cc1c(NC(=O)Oc2cc3c(s2)CCCC3)cccc1-c1cn(C)c(=O)c(Nc2ccc(C(C(=O)N(C)CCO)N3CCOCC3)cc2)n1. The van der Waals surface area contributed by atoms with Crippen LogP contribution in [0.5, 0.6) is 5.06 Å². The lowest BCUT2D eigenvalue weighted by atomic mass is 10.00. The molecule has 6 rings (SSSR count). The Kier molecular flexibility index (Phi) is 10.7. The summed E-state index contributed by atoms with van der Waals surface area (Å²) in [6, 6.07) is 14.3. The third kappa shape index (κ3) is 7.86. The number of ether oxygens (including phenoxy) is 2.